The van der Waals surface area contributed by atoms with Crippen LogP contribution in [-0.2, 0) is 30.8 Å². The predicted octanol–water partition coefficient (Wildman–Crippen LogP) is 3.24. The number of nitrogens with zero attached hydrogens (tertiary/aromatic N) is 2. The Morgan fingerprint density at radius 2 is 1.88 bits per heavy atom. The molecule has 49 heavy (non-hydrogen) atoms. The molecule has 2 aliphatic carbocycles. The Morgan fingerprint density at radius 3 is 2.63 bits per heavy atom. The van der Waals surface area contributed by atoms with E-state index >= 15 is 0 Å². The molecule has 4 amide bonds. The van der Waals surface area contributed by atoms with Gasteiger partial charge in [-0.15, -0.1) is 0 Å². The number of para-hydroxylation sites is 1. The van der Waals surface area contributed by atoms with E-state index in [1.807, 2.05) is 43.3 Å². The lowest BCUT2D eigenvalue weighted by molar-refractivity contribution is -0.141. The van der Waals surface area contributed by atoms with Crippen molar-refractivity contribution in [1.82, 2.24) is 25.2 Å². The summed E-state index contributed by atoms with van der Waals surface area (Å²) in [5.74, 6) is -1.75. The SMILES string of the molecule is Cc1nc2ccccc2c2c1O[C@]1(CC2)C[C@H]2C(=O)N[C@]3(C(=O)NS(=O)(=O)C4(C)CC4)C[C@H]3/C=C\CCCCC[C@H](NC(=O)O)C(=O)N2C1. The van der Waals surface area contributed by atoms with Crippen molar-refractivity contribution in [2.24, 2.45) is 5.92 Å². The highest BCUT2D eigenvalue weighted by Crippen LogP contribution is 2.49. The van der Waals surface area contributed by atoms with Crippen LogP contribution in [-0.4, -0.2) is 81.7 Å². The molecule has 7 rings (SSSR count). The summed E-state index contributed by atoms with van der Waals surface area (Å²) < 4.78 is 34.1. The highest BCUT2D eigenvalue weighted by atomic mass is 32.2. The first-order valence-corrected chi connectivity index (χ1v) is 18.7. The van der Waals surface area contributed by atoms with Gasteiger partial charge in [-0.2, -0.15) is 0 Å². The molecule has 0 unspecified atom stereocenters. The lowest BCUT2D eigenvalue weighted by Crippen LogP contribution is -2.58. The second-order valence-corrected chi connectivity index (χ2v) is 16.9. The molecule has 1 aromatic heterocycles. The van der Waals surface area contributed by atoms with Crippen LogP contribution in [0.1, 0.15) is 82.4 Å². The fraction of sp³-hybridized carbons (Fsp3) is 0.571. The van der Waals surface area contributed by atoms with Gasteiger partial charge < -0.3 is 25.4 Å². The number of carbonyl (C=O) groups excluding carboxylic acids is 3. The number of sulfonamides is 1. The molecule has 262 valence electrons. The first kappa shape index (κ1) is 33.3. The zero-order valence-corrected chi connectivity index (χ0v) is 28.6. The average molecular weight is 694 g/mol. The van der Waals surface area contributed by atoms with Crippen molar-refractivity contribution >= 4 is 44.7 Å². The predicted molar refractivity (Wildman–Crippen MR) is 179 cm³/mol. The van der Waals surface area contributed by atoms with E-state index in [1.54, 1.807) is 6.92 Å². The minimum atomic E-state index is -3.97. The van der Waals surface area contributed by atoms with Crippen LogP contribution in [0.15, 0.2) is 36.4 Å². The summed E-state index contributed by atoms with van der Waals surface area (Å²) in [5, 5.41) is 15.9. The number of hydrogen-bond donors (Lipinski definition) is 4. The van der Waals surface area contributed by atoms with E-state index < -0.39 is 67.7 Å². The van der Waals surface area contributed by atoms with Gasteiger partial charge in [-0.1, -0.05) is 43.2 Å². The Hall–Kier alpha value is -4.20. The maximum Gasteiger partial charge on any atom is 0.405 e. The number of fused-ring (bicyclic) bond motifs is 5. The number of nitrogens with one attached hydrogen (secondary N) is 3. The molecule has 5 aliphatic rings. The number of carbonyl (C=O) groups is 4. The second kappa shape index (κ2) is 12.0. The highest BCUT2D eigenvalue weighted by molar-refractivity contribution is 7.91. The molecule has 0 radical (unpaired) electrons. The number of hydrogen-bond acceptors (Lipinski definition) is 8. The van der Waals surface area contributed by atoms with Gasteiger partial charge in [0.1, 0.15) is 29.0 Å². The van der Waals surface area contributed by atoms with Gasteiger partial charge in [0.05, 0.1) is 22.5 Å². The second-order valence-electron chi connectivity index (χ2n) is 14.7. The van der Waals surface area contributed by atoms with E-state index in [-0.39, 0.29) is 25.8 Å². The number of amides is 4. The van der Waals surface area contributed by atoms with Crippen LogP contribution in [0.2, 0.25) is 0 Å². The van der Waals surface area contributed by atoms with Crippen LogP contribution in [0.5, 0.6) is 5.75 Å². The highest BCUT2D eigenvalue weighted by Gasteiger charge is 2.64. The van der Waals surface area contributed by atoms with Crippen LogP contribution < -0.4 is 20.1 Å². The fourth-order valence-corrected chi connectivity index (χ4v) is 9.10. The summed E-state index contributed by atoms with van der Waals surface area (Å²) >= 11 is 0. The number of benzene rings is 1. The molecule has 5 atom stereocenters. The van der Waals surface area contributed by atoms with Gasteiger partial charge in [0, 0.05) is 23.3 Å². The Bertz CT molecular complexity index is 1880. The van der Waals surface area contributed by atoms with Gasteiger partial charge in [0.25, 0.3) is 5.91 Å². The molecule has 2 aromatic rings. The maximum absolute atomic E-state index is 14.4. The van der Waals surface area contributed by atoms with Crippen molar-refractivity contribution in [2.45, 2.75) is 112 Å². The lowest BCUT2D eigenvalue weighted by atomic mass is 9.87. The third-order valence-electron chi connectivity index (χ3n) is 11.2. The molecule has 13 nitrogen and oxygen atoms in total. The molecular weight excluding hydrogens is 650 g/mol. The smallest absolute Gasteiger partial charge is 0.405 e. The van der Waals surface area contributed by atoms with Crippen molar-refractivity contribution in [1.29, 1.82) is 0 Å². The van der Waals surface area contributed by atoms with Crippen molar-refractivity contribution < 1.29 is 37.4 Å². The number of rotatable bonds is 4. The number of allylic oxidation sites excluding steroid dienone is 1. The number of aromatic nitrogens is 1. The number of ether oxygens (including phenoxy) is 1. The zero-order chi connectivity index (χ0) is 34.8. The van der Waals surface area contributed by atoms with E-state index in [1.165, 1.54) is 4.90 Å². The summed E-state index contributed by atoms with van der Waals surface area (Å²) in [7, 11) is -3.97. The van der Waals surface area contributed by atoms with Crippen molar-refractivity contribution in [2.75, 3.05) is 6.54 Å². The lowest BCUT2D eigenvalue weighted by Gasteiger charge is -2.36. The molecule has 1 aromatic carbocycles. The molecule has 14 heteroatoms. The molecule has 4 N–H and O–H groups in total. The molecule has 1 spiro atoms. The summed E-state index contributed by atoms with van der Waals surface area (Å²) in [6.45, 7) is 3.48. The van der Waals surface area contributed by atoms with Crippen LogP contribution >= 0.6 is 0 Å². The van der Waals surface area contributed by atoms with E-state index in [2.05, 4.69) is 15.4 Å². The van der Waals surface area contributed by atoms with Gasteiger partial charge in [-0.25, -0.2) is 18.2 Å². The summed E-state index contributed by atoms with van der Waals surface area (Å²) in [4.78, 5) is 60.4. The van der Waals surface area contributed by atoms with Crippen LogP contribution in [0.4, 0.5) is 4.79 Å². The summed E-state index contributed by atoms with van der Waals surface area (Å²) in [6, 6.07) is 5.63. The number of aryl methyl sites for hydroxylation is 2. The molecule has 3 fully saturated rings. The molecular formula is C35H43N5O8S. The Balaban J connectivity index is 1.23. The Morgan fingerprint density at radius 1 is 1.10 bits per heavy atom. The largest absolute Gasteiger partial charge is 0.483 e. The van der Waals surface area contributed by atoms with Gasteiger partial charge in [0.15, 0.2) is 0 Å². The topological polar surface area (TPSA) is 184 Å². The first-order chi connectivity index (χ1) is 23.3. The van der Waals surface area contributed by atoms with Crippen molar-refractivity contribution in [3.05, 3.63) is 47.7 Å². The van der Waals surface area contributed by atoms with Gasteiger partial charge in [-0.05, 0) is 71.3 Å². The van der Waals surface area contributed by atoms with Gasteiger partial charge >= 0.3 is 6.09 Å². The minimum absolute atomic E-state index is 0.0304. The summed E-state index contributed by atoms with van der Waals surface area (Å²) in [6.07, 6.45) is 7.82. The number of pyridine rings is 1. The van der Waals surface area contributed by atoms with E-state index in [0.717, 1.165) is 29.3 Å². The fourth-order valence-electron chi connectivity index (χ4n) is 7.79. The molecule has 0 bridgehead atoms. The summed E-state index contributed by atoms with van der Waals surface area (Å²) in [5.41, 5.74) is 0.0691. The maximum atomic E-state index is 14.4. The molecule has 3 aliphatic heterocycles. The normalized spacial score (nSPS) is 31.6. The van der Waals surface area contributed by atoms with Gasteiger partial charge in [-0.3, -0.25) is 19.1 Å². The van der Waals surface area contributed by atoms with E-state index in [4.69, 9.17) is 9.72 Å². The molecule has 1 saturated heterocycles. The zero-order valence-electron chi connectivity index (χ0n) is 27.8. The van der Waals surface area contributed by atoms with Crippen molar-refractivity contribution in [3.8, 4) is 5.75 Å². The van der Waals surface area contributed by atoms with Crippen LogP contribution in [0, 0.1) is 12.8 Å². The van der Waals surface area contributed by atoms with Gasteiger partial charge in [0.2, 0.25) is 21.8 Å². The molecule has 2 saturated carbocycles. The minimum Gasteiger partial charge on any atom is -0.483 e. The molecule has 4 heterocycles. The standard InChI is InChI=1S/C35H43N5O8S/c1-21-28-24(23-11-8-9-12-25(23)36-21)14-15-34(48-28)19-27-29(41)38-35(31(43)39-49(46,47)33(2)16-17-33)18-22(35)10-6-4-3-5-7-13-26(37-32(44)45)30(42)40(27)20-34/h6,8-12,22,26-27,37H,3-5,7,13-20H2,1-2H3,(H,38,41)(H,39,43)(H,44,45)/b10-6-/t22-,26+,27+,34-,35-/m1/s1. The van der Waals surface area contributed by atoms with Crippen LogP contribution in [0.3, 0.4) is 0 Å². The van der Waals surface area contributed by atoms with E-state index in [9.17, 15) is 32.7 Å². The third-order valence-corrected chi connectivity index (χ3v) is 13.3. The average Bonchev–Trinajstić information content (AvgIpc) is 3.94. The number of carboxylic acid groups (broad SMARTS) is 1. The van der Waals surface area contributed by atoms with Crippen molar-refractivity contribution in [3.63, 3.8) is 0 Å². The Labute approximate surface area is 285 Å². The first-order valence-electron chi connectivity index (χ1n) is 17.2. The quantitative estimate of drug-likeness (QED) is 0.349. The monoisotopic (exact) mass is 693 g/mol. The van der Waals surface area contributed by atoms with Crippen LogP contribution in [0.25, 0.3) is 10.9 Å². The van der Waals surface area contributed by atoms with E-state index in [0.29, 0.717) is 50.0 Å². The Kier molecular flexibility index (Phi) is 8.15. The third kappa shape index (κ3) is 6.01.